The van der Waals surface area contributed by atoms with Crippen molar-refractivity contribution in [3.8, 4) is 22.8 Å². The minimum atomic E-state index is -0.302. The summed E-state index contributed by atoms with van der Waals surface area (Å²) < 4.78 is 11.8. The maximum Gasteiger partial charge on any atom is 0.254 e. The standard InChI is InChI=1S/C22H23N3O4/c1-28-17-7-5-6-16(12-17)10-11-23-21(26)14-25-15-24-19(13-22(25)27)18-8-3-4-9-20(18)29-2/h3-9,12-13,15H,10-11,14H2,1-2H3,(H,23,26). The molecule has 1 amide bonds. The van der Waals surface area contributed by atoms with Crippen molar-refractivity contribution >= 4 is 5.91 Å². The molecule has 0 saturated heterocycles. The molecule has 7 heteroatoms. The van der Waals surface area contributed by atoms with E-state index in [1.807, 2.05) is 42.5 Å². The summed E-state index contributed by atoms with van der Waals surface area (Å²) in [6.07, 6.45) is 2.05. The van der Waals surface area contributed by atoms with Gasteiger partial charge in [0.05, 0.1) is 26.2 Å². The second-order valence-corrected chi connectivity index (χ2v) is 6.39. The highest BCUT2D eigenvalue weighted by Crippen LogP contribution is 2.26. The number of amides is 1. The van der Waals surface area contributed by atoms with E-state index in [9.17, 15) is 9.59 Å². The maximum absolute atomic E-state index is 12.4. The topological polar surface area (TPSA) is 82.4 Å². The normalized spacial score (nSPS) is 10.4. The van der Waals surface area contributed by atoms with E-state index >= 15 is 0 Å². The molecule has 0 fully saturated rings. The van der Waals surface area contributed by atoms with Gasteiger partial charge in [-0.25, -0.2) is 4.98 Å². The minimum absolute atomic E-state index is 0.0872. The van der Waals surface area contributed by atoms with Crippen LogP contribution in [-0.4, -0.2) is 36.2 Å². The van der Waals surface area contributed by atoms with Gasteiger partial charge in [-0.3, -0.25) is 14.2 Å². The van der Waals surface area contributed by atoms with Crippen LogP contribution < -0.4 is 20.3 Å². The highest BCUT2D eigenvalue weighted by atomic mass is 16.5. The monoisotopic (exact) mass is 393 g/mol. The van der Waals surface area contributed by atoms with Gasteiger partial charge in [-0.05, 0) is 36.2 Å². The Morgan fingerprint density at radius 1 is 1.07 bits per heavy atom. The first kappa shape index (κ1) is 20.1. The fourth-order valence-electron chi connectivity index (χ4n) is 2.93. The zero-order valence-electron chi connectivity index (χ0n) is 16.4. The van der Waals surface area contributed by atoms with Crippen molar-refractivity contribution in [1.82, 2.24) is 14.9 Å². The molecule has 0 bridgehead atoms. The number of methoxy groups -OCH3 is 2. The lowest BCUT2D eigenvalue weighted by Gasteiger charge is -2.10. The minimum Gasteiger partial charge on any atom is -0.497 e. The first-order valence-corrected chi connectivity index (χ1v) is 9.20. The summed E-state index contributed by atoms with van der Waals surface area (Å²) in [6.45, 7) is 0.379. The molecule has 1 N–H and O–H groups in total. The molecular weight excluding hydrogens is 370 g/mol. The van der Waals surface area contributed by atoms with Crippen LogP contribution in [0.2, 0.25) is 0 Å². The van der Waals surface area contributed by atoms with Crippen LogP contribution in [0.1, 0.15) is 5.56 Å². The van der Waals surface area contributed by atoms with Crippen LogP contribution in [0.15, 0.2) is 65.7 Å². The molecule has 29 heavy (non-hydrogen) atoms. The Hall–Kier alpha value is -3.61. The van der Waals surface area contributed by atoms with Crippen molar-refractivity contribution in [1.29, 1.82) is 0 Å². The SMILES string of the molecule is COc1cccc(CCNC(=O)Cn2cnc(-c3ccccc3OC)cc2=O)c1. The Labute approximate surface area is 168 Å². The van der Waals surface area contributed by atoms with E-state index in [2.05, 4.69) is 10.3 Å². The molecule has 0 saturated carbocycles. The van der Waals surface area contributed by atoms with E-state index in [4.69, 9.17) is 9.47 Å². The van der Waals surface area contributed by atoms with Gasteiger partial charge in [-0.1, -0.05) is 24.3 Å². The van der Waals surface area contributed by atoms with Gasteiger partial charge in [-0.15, -0.1) is 0 Å². The van der Waals surface area contributed by atoms with Crippen LogP contribution in [-0.2, 0) is 17.8 Å². The second-order valence-electron chi connectivity index (χ2n) is 6.39. The van der Waals surface area contributed by atoms with Crippen molar-refractivity contribution in [2.75, 3.05) is 20.8 Å². The van der Waals surface area contributed by atoms with E-state index in [1.54, 1.807) is 20.3 Å². The summed E-state index contributed by atoms with van der Waals surface area (Å²) in [5.74, 6) is 1.16. The molecule has 2 aromatic carbocycles. The Morgan fingerprint density at radius 3 is 2.66 bits per heavy atom. The van der Waals surface area contributed by atoms with Crippen molar-refractivity contribution in [2.24, 2.45) is 0 Å². The molecule has 0 unspecified atom stereocenters. The highest BCUT2D eigenvalue weighted by Gasteiger charge is 2.10. The molecule has 0 spiro atoms. The molecule has 7 nitrogen and oxygen atoms in total. The summed E-state index contributed by atoms with van der Waals surface area (Å²) in [6, 6.07) is 16.4. The number of para-hydroxylation sites is 1. The van der Waals surface area contributed by atoms with Crippen LogP contribution >= 0.6 is 0 Å². The number of benzene rings is 2. The summed E-state index contributed by atoms with van der Waals surface area (Å²) >= 11 is 0. The Balaban J connectivity index is 1.60. The summed E-state index contributed by atoms with van der Waals surface area (Å²) in [5, 5.41) is 2.82. The molecule has 1 heterocycles. The van der Waals surface area contributed by atoms with Gasteiger partial charge in [0.2, 0.25) is 5.91 Å². The average Bonchev–Trinajstić information content (AvgIpc) is 2.75. The molecule has 150 valence electrons. The molecule has 0 aliphatic rings. The van der Waals surface area contributed by atoms with Crippen molar-refractivity contribution < 1.29 is 14.3 Å². The van der Waals surface area contributed by atoms with E-state index < -0.39 is 0 Å². The molecule has 0 radical (unpaired) electrons. The van der Waals surface area contributed by atoms with Crippen LogP contribution in [0.3, 0.4) is 0 Å². The lowest BCUT2D eigenvalue weighted by atomic mass is 10.1. The van der Waals surface area contributed by atoms with E-state index in [-0.39, 0.29) is 18.0 Å². The first-order valence-electron chi connectivity index (χ1n) is 9.20. The van der Waals surface area contributed by atoms with Gasteiger partial charge in [0.1, 0.15) is 18.0 Å². The molecule has 3 aromatic rings. The Kier molecular flexibility index (Phi) is 6.63. The number of nitrogens with zero attached hydrogens (tertiary/aromatic N) is 2. The number of carbonyl (C=O) groups excluding carboxylic acids is 1. The Bertz CT molecular complexity index is 1050. The number of nitrogens with one attached hydrogen (secondary N) is 1. The summed E-state index contributed by atoms with van der Waals surface area (Å²) in [5.41, 5.74) is 1.98. The van der Waals surface area contributed by atoms with Gasteiger partial charge < -0.3 is 14.8 Å². The van der Waals surface area contributed by atoms with Crippen LogP contribution in [0.5, 0.6) is 11.5 Å². The highest BCUT2D eigenvalue weighted by molar-refractivity contribution is 5.75. The van der Waals surface area contributed by atoms with Gasteiger partial charge in [0.25, 0.3) is 5.56 Å². The zero-order valence-corrected chi connectivity index (χ0v) is 16.4. The Morgan fingerprint density at radius 2 is 1.90 bits per heavy atom. The average molecular weight is 393 g/mol. The van der Waals surface area contributed by atoms with Gasteiger partial charge in [0, 0.05) is 18.2 Å². The molecular formula is C22H23N3O4. The number of hydrogen-bond acceptors (Lipinski definition) is 5. The number of hydrogen-bond donors (Lipinski definition) is 1. The third-order valence-electron chi connectivity index (χ3n) is 4.45. The van der Waals surface area contributed by atoms with Crippen molar-refractivity contribution in [3.63, 3.8) is 0 Å². The number of carbonyl (C=O) groups is 1. The fourth-order valence-corrected chi connectivity index (χ4v) is 2.93. The number of aromatic nitrogens is 2. The zero-order chi connectivity index (χ0) is 20.6. The maximum atomic E-state index is 12.4. The number of ether oxygens (including phenoxy) is 2. The molecule has 3 rings (SSSR count). The predicted molar refractivity (Wildman–Crippen MR) is 110 cm³/mol. The predicted octanol–water partition coefficient (Wildman–Crippen LogP) is 2.29. The molecule has 0 aliphatic heterocycles. The molecule has 1 aromatic heterocycles. The van der Waals surface area contributed by atoms with E-state index in [0.717, 1.165) is 16.9 Å². The third kappa shape index (κ3) is 5.22. The molecule has 0 aliphatic carbocycles. The van der Waals surface area contributed by atoms with Gasteiger partial charge in [0.15, 0.2) is 0 Å². The summed E-state index contributed by atoms with van der Waals surface area (Å²) in [7, 11) is 3.18. The van der Waals surface area contributed by atoms with Crippen LogP contribution in [0.25, 0.3) is 11.3 Å². The van der Waals surface area contributed by atoms with Gasteiger partial charge >= 0.3 is 0 Å². The van der Waals surface area contributed by atoms with Crippen molar-refractivity contribution in [2.45, 2.75) is 13.0 Å². The quantitative estimate of drug-likeness (QED) is 0.635. The largest absolute Gasteiger partial charge is 0.497 e. The molecule has 0 atom stereocenters. The van der Waals surface area contributed by atoms with E-state index in [0.29, 0.717) is 24.4 Å². The van der Waals surface area contributed by atoms with Crippen LogP contribution in [0, 0.1) is 0 Å². The lowest BCUT2D eigenvalue weighted by molar-refractivity contribution is -0.121. The second kappa shape index (κ2) is 9.54. The van der Waals surface area contributed by atoms with Gasteiger partial charge in [-0.2, -0.15) is 0 Å². The smallest absolute Gasteiger partial charge is 0.254 e. The third-order valence-corrected chi connectivity index (χ3v) is 4.45. The van der Waals surface area contributed by atoms with E-state index in [1.165, 1.54) is 17.0 Å². The number of rotatable bonds is 8. The summed E-state index contributed by atoms with van der Waals surface area (Å²) in [4.78, 5) is 28.9. The fraction of sp³-hybridized carbons (Fsp3) is 0.227. The van der Waals surface area contributed by atoms with Crippen molar-refractivity contribution in [3.05, 3.63) is 76.8 Å². The first-order chi connectivity index (χ1) is 14.1. The lowest BCUT2D eigenvalue weighted by Crippen LogP contribution is -2.33. The van der Waals surface area contributed by atoms with Crippen LogP contribution in [0.4, 0.5) is 0 Å².